The Labute approximate surface area is 139 Å². The fourth-order valence-corrected chi connectivity index (χ4v) is 2.32. The summed E-state index contributed by atoms with van der Waals surface area (Å²) >= 11 is 0. The number of amides is 1. The smallest absolute Gasteiger partial charge is 0.328 e. The molecule has 0 unspecified atom stereocenters. The second-order valence-corrected chi connectivity index (χ2v) is 5.02. The van der Waals surface area contributed by atoms with E-state index >= 15 is 0 Å². The number of carbonyl (C=O) groups excluding carboxylic acids is 1. The zero-order valence-corrected chi connectivity index (χ0v) is 13.2. The average Bonchev–Trinajstić information content (AvgIpc) is 2.60. The lowest BCUT2D eigenvalue weighted by Crippen LogP contribution is -2.43. The molecular weight excluding hydrogens is 310 g/mol. The predicted molar refractivity (Wildman–Crippen MR) is 89.0 cm³/mol. The van der Waals surface area contributed by atoms with E-state index in [0.29, 0.717) is 17.9 Å². The number of carboxylic acid groups (broad SMARTS) is 1. The van der Waals surface area contributed by atoms with Gasteiger partial charge in [-0.05, 0) is 24.6 Å². The summed E-state index contributed by atoms with van der Waals surface area (Å²) in [4.78, 5) is 23.6. The normalized spacial score (nSPS) is 11.6. The van der Waals surface area contributed by atoms with E-state index in [-0.39, 0.29) is 5.56 Å². The van der Waals surface area contributed by atoms with E-state index in [9.17, 15) is 9.59 Å². The molecule has 6 nitrogen and oxygen atoms in total. The molecule has 1 amide bonds. The zero-order chi connectivity index (χ0) is 17.5. The van der Waals surface area contributed by atoms with Gasteiger partial charge >= 0.3 is 5.97 Å². The van der Waals surface area contributed by atoms with Crippen molar-refractivity contribution >= 4 is 11.9 Å². The van der Waals surface area contributed by atoms with Gasteiger partial charge in [-0.25, -0.2) is 4.79 Å². The van der Waals surface area contributed by atoms with Gasteiger partial charge in [-0.3, -0.25) is 4.79 Å². The van der Waals surface area contributed by atoms with Gasteiger partial charge in [0, 0.05) is 5.56 Å². The first-order valence-corrected chi connectivity index (χ1v) is 7.54. The van der Waals surface area contributed by atoms with Crippen LogP contribution in [-0.4, -0.2) is 41.3 Å². The average molecular weight is 329 g/mol. The van der Waals surface area contributed by atoms with E-state index < -0.39 is 24.5 Å². The Hall–Kier alpha value is -2.86. The van der Waals surface area contributed by atoms with Gasteiger partial charge in [-0.2, -0.15) is 0 Å². The van der Waals surface area contributed by atoms with E-state index in [4.69, 9.17) is 14.9 Å². The Kier molecular flexibility index (Phi) is 5.92. The van der Waals surface area contributed by atoms with Crippen molar-refractivity contribution in [1.29, 1.82) is 0 Å². The number of hydrogen-bond donors (Lipinski definition) is 3. The van der Waals surface area contributed by atoms with Gasteiger partial charge in [-0.15, -0.1) is 0 Å². The van der Waals surface area contributed by atoms with Gasteiger partial charge in [0.2, 0.25) is 0 Å². The molecule has 0 fully saturated rings. The molecule has 6 heteroatoms. The summed E-state index contributed by atoms with van der Waals surface area (Å²) in [6.45, 7) is 1.58. The van der Waals surface area contributed by atoms with Crippen LogP contribution in [0.25, 0.3) is 11.1 Å². The number of carboxylic acids is 1. The lowest BCUT2D eigenvalue weighted by molar-refractivity contribution is -0.140. The van der Waals surface area contributed by atoms with E-state index in [1.165, 1.54) is 0 Å². The Morgan fingerprint density at radius 2 is 1.83 bits per heavy atom. The molecule has 0 bridgehead atoms. The SMILES string of the molecule is CCOc1cccc(C(=O)N[C@@H](CO)C(=O)O)c1-c1ccccc1. The first kappa shape index (κ1) is 17.5. The Morgan fingerprint density at radius 1 is 1.12 bits per heavy atom. The highest BCUT2D eigenvalue weighted by Crippen LogP contribution is 2.33. The van der Waals surface area contributed by atoms with Crippen molar-refractivity contribution in [2.75, 3.05) is 13.2 Å². The highest BCUT2D eigenvalue weighted by atomic mass is 16.5. The van der Waals surface area contributed by atoms with E-state index in [1.807, 2.05) is 37.3 Å². The van der Waals surface area contributed by atoms with Crippen LogP contribution in [0, 0.1) is 0 Å². The van der Waals surface area contributed by atoms with Crippen LogP contribution in [0.1, 0.15) is 17.3 Å². The molecule has 2 aromatic rings. The fourth-order valence-electron chi connectivity index (χ4n) is 2.32. The number of hydrogen-bond acceptors (Lipinski definition) is 4. The minimum Gasteiger partial charge on any atom is -0.493 e. The summed E-state index contributed by atoms with van der Waals surface area (Å²) in [7, 11) is 0. The lowest BCUT2D eigenvalue weighted by Gasteiger charge is -2.17. The minimum absolute atomic E-state index is 0.284. The number of carbonyl (C=O) groups is 2. The molecule has 0 aliphatic heterocycles. The molecule has 3 N–H and O–H groups in total. The highest BCUT2D eigenvalue weighted by molar-refractivity contribution is 6.03. The third-order valence-electron chi connectivity index (χ3n) is 3.42. The van der Waals surface area contributed by atoms with Gasteiger partial charge in [0.15, 0.2) is 6.04 Å². The molecule has 0 aliphatic carbocycles. The molecule has 24 heavy (non-hydrogen) atoms. The molecule has 0 saturated carbocycles. The van der Waals surface area contributed by atoms with Gasteiger partial charge in [0.1, 0.15) is 5.75 Å². The van der Waals surface area contributed by atoms with Crippen molar-refractivity contribution in [3.05, 3.63) is 54.1 Å². The molecule has 1 atom stereocenters. The predicted octanol–water partition coefficient (Wildman–Crippen LogP) is 1.93. The van der Waals surface area contributed by atoms with Crippen molar-refractivity contribution in [3.8, 4) is 16.9 Å². The maximum atomic E-state index is 12.5. The summed E-state index contributed by atoms with van der Waals surface area (Å²) in [6, 6.07) is 12.9. The Bertz CT molecular complexity index is 715. The van der Waals surface area contributed by atoms with Crippen molar-refractivity contribution in [2.45, 2.75) is 13.0 Å². The van der Waals surface area contributed by atoms with Crippen LogP contribution in [0.3, 0.4) is 0 Å². The molecular formula is C18H19NO5. The minimum atomic E-state index is -1.36. The maximum Gasteiger partial charge on any atom is 0.328 e. The fraction of sp³-hybridized carbons (Fsp3) is 0.222. The number of nitrogens with one attached hydrogen (secondary N) is 1. The van der Waals surface area contributed by atoms with Crippen molar-refractivity contribution in [3.63, 3.8) is 0 Å². The quantitative estimate of drug-likeness (QED) is 0.721. The molecule has 0 radical (unpaired) electrons. The van der Waals surface area contributed by atoms with Crippen LogP contribution in [-0.2, 0) is 4.79 Å². The second-order valence-electron chi connectivity index (χ2n) is 5.02. The molecule has 2 aromatic carbocycles. The number of aliphatic hydroxyl groups excluding tert-OH is 1. The van der Waals surface area contributed by atoms with Gasteiger partial charge < -0.3 is 20.3 Å². The summed E-state index contributed by atoms with van der Waals surface area (Å²) < 4.78 is 5.62. The van der Waals surface area contributed by atoms with E-state index in [2.05, 4.69) is 5.32 Å². The summed E-state index contributed by atoms with van der Waals surface area (Å²) in [5, 5.41) is 20.4. The molecule has 2 rings (SSSR count). The number of benzene rings is 2. The van der Waals surface area contributed by atoms with Gasteiger partial charge in [0.05, 0.1) is 18.8 Å². The van der Waals surface area contributed by atoms with Crippen LogP contribution in [0.2, 0.25) is 0 Å². The molecule has 126 valence electrons. The number of aliphatic carboxylic acids is 1. The maximum absolute atomic E-state index is 12.5. The number of ether oxygens (including phenoxy) is 1. The topological polar surface area (TPSA) is 95.9 Å². The first-order chi connectivity index (χ1) is 11.6. The second kappa shape index (κ2) is 8.12. The van der Waals surface area contributed by atoms with E-state index in [0.717, 1.165) is 5.56 Å². The molecule has 0 spiro atoms. The molecule has 0 saturated heterocycles. The highest BCUT2D eigenvalue weighted by Gasteiger charge is 2.23. The first-order valence-electron chi connectivity index (χ1n) is 7.54. The van der Waals surface area contributed by atoms with Crippen LogP contribution in [0.15, 0.2) is 48.5 Å². The zero-order valence-electron chi connectivity index (χ0n) is 13.2. The third-order valence-corrected chi connectivity index (χ3v) is 3.42. The Morgan fingerprint density at radius 3 is 2.42 bits per heavy atom. The summed E-state index contributed by atoms with van der Waals surface area (Å²) in [5.74, 6) is -1.35. The van der Waals surface area contributed by atoms with Crippen LogP contribution >= 0.6 is 0 Å². The standard InChI is InChI=1S/C18H19NO5/c1-2-24-15-10-6-9-13(16(15)12-7-4-3-5-8-12)17(21)19-14(11-20)18(22)23/h3-10,14,20H,2,11H2,1H3,(H,19,21)(H,22,23)/t14-/m0/s1. The van der Waals surface area contributed by atoms with Crippen molar-refractivity contribution in [2.24, 2.45) is 0 Å². The Balaban J connectivity index is 2.48. The molecule has 0 aliphatic rings. The van der Waals surface area contributed by atoms with Gasteiger partial charge in [0.25, 0.3) is 5.91 Å². The van der Waals surface area contributed by atoms with Crippen molar-refractivity contribution < 1.29 is 24.5 Å². The summed E-state index contributed by atoms with van der Waals surface area (Å²) in [5.41, 5.74) is 1.65. The third kappa shape index (κ3) is 3.91. The molecule has 0 aromatic heterocycles. The van der Waals surface area contributed by atoms with Crippen LogP contribution in [0.5, 0.6) is 5.75 Å². The van der Waals surface area contributed by atoms with Gasteiger partial charge in [-0.1, -0.05) is 36.4 Å². The largest absolute Gasteiger partial charge is 0.493 e. The van der Waals surface area contributed by atoms with Crippen LogP contribution < -0.4 is 10.1 Å². The van der Waals surface area contributed by atoms with Crippen molar-refractivity contribution in [1.82, 2.24) is 5.32 Å². The number of aliphatic hydroxyl groups is 1. The summed E-state index contributed by atoms with van der Waals surface area (Å²) in [6.07, 6.45) is 0. The van der Waals surface area contributed by atoms with E-state index in [1.54, 1.807) is 18.2 Å². The monoisotopic (exact) mass is 329 g/mol. The number of rotatable bonds is 7. The molecule has 0 heterocycles. The lowest BCUT2D eigenvalue weighted by atomic mass is 9.97. The van der Waals surface area contributed by atoms with Crippen LogP contribution in [0.4, 0.5) is 0 Å².